The second-order valence-corrected chi connectivity index (χ2v) is 19.1. The number of likely N-dealkylation sites (tertiary alicyclic amines) is 1. The normalized spacial score (nSPS) is 24.2. The number of amides is 6. The van der Waals surface area contributed by atoms with Crippen LogP contribution in [-0.2, 0) is 19.1 Å². The van der Waals surface area contributed by atoms with Crippen molar-refractivity contribution in [2.75, 3.05) is 61.6 Å². The highest BCUT2D eigenvalue weighted by molar-refractivity contribution is 6.23. The Morgan fingerprint density at radius 3 is 2.48 bits per heavy atom. The largest absolute Gasteiger partial charge is 0.494 e. The van der Waals surface area contributed by atoms with Crippen molar-refractivity contribution < 1.29 is 38.2 Å². The van der Waals surface area contributed by atoms with Gasteiger partial charge in [-0.25, -0.2) is 9.50 Å². The second kappa shape index (κ2) is 15.4. The van der Waals surface area contributed by atoms with E-state index in [0.717, 1.165) is 79.0 Å². The smallest absolute Gasteiger partial charge is 0.262 e. The molecule has 340 valence electrons. The van der Waals surface area contributed by atoms with Crippen molar-refractivity contribution in [3.05, 3.63) is 71.7 Å². The summed E-state index contributed by atoms with van der Waals surface area (Å²) in [4.78, 5) is 90.6. The number of carbonyl (C=O) groups excluding carboxylic acids is 6. The van der Waals surface area contributed by atoms with E-state index >= 15 is 0 Å². The van der Waals surface area contributed by atoms with Gasteiger partial charge < -0.3 is 29.5 Å². The molecular weight excluding hydrogens is 847 g/mol. The summed E-state index contributed by atoms with van der Waals surface area (Å²) in [5, 5.41) is 15.5. The molecule has 6 amide bonds. The summed E-state index contributed by atoms with van der Waals surface area (Å²) in [7, 11) is 1.58. The molecule has 2 aromatic carbocycles. The van der Waals surface area contributed by atoms with Gasteiger partial charge in [-0.3, -0.25) is 43.7 Å². The lowest BCUT2D eigenvalue weighted by Gasteiger charge is -2.52. The Kier molecular flexibility index (Phi) is 9.45. The van der Waals surface area contributed by atoms with E-state index < -0.39 is 29.7 Å². The number of piperidine rings is 3. The standard InChI is InChI=1S/C47H49N11O8/c1-65-38-19-35-27(16-36(38)49-42(60)34-22-48-56-13-8-39(50-41(34)56)55-24-31-17-29(55)25-66-31)23-57(52-35)30-20-47(21-30)9-14-54(15-10-47)44(62)26-6-11-53(12-7-26)28-2-3-32-33(18-28)46(64)58(45(32)63)37-4-5-40(59)51-43(37)61/h2-3,8,13,16,18-19,22-23,26,29-31,37H,4-7,9-12,14-15,17,20-21,24-25H2,1H3,(H,49,60)(H,51,59,61)/t29-,31-,37+/m1/s1. The molecule has 5 aromatic rings. The first-order chi connectivity index (χ1) is 32.0. The van der Waals surface area contributed by atoms with Gasteiger partial charge in [-0.1, -0.05) is 0 Å². The Labute approximate surface area is 378 Å². The van der Waals surface area contributed by atoms with Gasteiger partial charge in [0.1, 0.15) is 23.2 Å². The molecule has 3 atom stereocenters. The first kappa shape index (κ1) is 40.6. The molecule has 1 saturated carbocycles. The molecule has 1 spiro atoms. The maximum atomic E-state index is 13.8. The van der Waals surface area contributed by atoms with Crippen molar-refractivity contribution in [2.24, 2.45) is 11.3 Å². The first-order valence-corrected chi connectivity index (χ1v) is 23.0. The summed E-state index contributed by atoms with van der Waals surface area (Å²) >= 11 is 0. The molecule has 6 aliphatic heterocycles. The molecule has 0 radical (unpaired) electrons. The van der Waals surface area contributed by atoms with E-state index in [2.05, 4.69) is 25.5 Å². The summed E-state index contributed by atoms with van der Waals surface area (Å²) < 4.78 is 15.2. The highest BCUT2D eigenvalue weighted by atomic mass is 16.5. The number of methoxy groups -OCH3 is 1. The fourth-order valence-corrected chi connectivity index (χ4v) is 11.6. The molecular formula is C47H49N11O8. The lowest BCUT2D eigenvalue weighted by molar-refractivity contribution is -0.140. The Morgan fingerprint density at radius 1 is 0.939 bits per heavy atom. The van der Waals surface area contributed by atoms with Gasteiger partial charge in [-0.05, 0) is 87.1 Å². The van der Waals surface area contributed by atoms with Crippen molar-refractivity contribution in [1.82, 2.24) is 39.5 Å². The number of benzene rings is 2. The number of nitrogens with one attached hydrogen (secondary N) is 2. The fraction of sp³-hybridized carbons (Fsp3) is 0.468. The molecule has 7 aliphatic rings. The average Bonchev–Trinajstić information content (AvgIpc) is 4.17. The third kappa shape index (κ3) is 6.68. The average molecular weight is 896 g/mol. The number of imide groups is 2. The van der Waals surface area contributed by atoms with Crippen LogP contribution in [0.1, 0.15) is 94.9 Å². The van der Waals surface area contributed by atoms with E-state index in [9.17, 15) is 28.8 Å². The molecule has 2 N–H and O–H groups in total. The number of anilines is 3. The van der Waals surface area contributed by atoms with E-state index in [1.165, 1.54) is 6.20 Å². The minimum Gasteiger partial charge on any atom is -0.494 e. The minimum absolute atomic E-state index is 0.0680. The van der Waals surface area contributed by atoms with Gasteiger partial charge in [0, 0.05) is 74.6 Å². The Morgan fingerprint density at radius 2 is 1.74 bits per heavy atom. The number of nitrogens with zero attached hydrogens (tertiary/aromatic N) is 9. The van der Waals surface area contributed by atoms with Crippen LogP contribution < -0.4 is 25.2 Å². The van der Waals surface area contributed by atoms with Crippen LogP contribution in [0.3, 0.4) is 0 Å². The van der Waals surface area contributed by atoms with Crippen LogP contribution in [0.5, 0.6) is 5.75 Å². The second-order valence-electron chi connectivity index (χ2n) is 19.1. The highest BCUT2D eigenvalue weighted by Crippen LogP contribution is 2.55. The maximum Gasteiger partial charge on any atom is 0.262 e. The molecule has 19 heteroatoms. The van der Waals surface area contributed by atoms with E-state index in [0.29, 0.717) is 61.2 Å². The van der Waals surface area contributed by atoms with Crippen LogP contribution >= 0.6 is 0 Å². The van der Waals surface area contributed by atoms with Crippen LogP contribution in [0.4, 0.5) is 17.2 Å². The topological polar surface area (TPSA) is 206 Å². The van der Waals surface area contributed by atoms with Crippen molar-refractivity contribution >= 4 is 69.2 Å². The number of carbonyl (C=O) groups is 6. The molecule has 5 saturated heterocycles. The van der Waals surface area contributed by atoms with Gasteiger partial charge in [-0.2, -0.15) is 10.2 Å². The van der Waals surface area contributed by atoms with Gasteiger partial charge >= 0.3 is 0 Å². The Bertz CT molecular complexity index is 2890. The van der Waals surface area contributed by atoms with Gasteiger partial charge in [-0.15, -0.1) is 0 Å². The van der Waals surface area contributed by atoms with E-state index in [1.807, 2.05) is 46.2 Å². The summed E-state index contributed by atoms with van der Waals surface area (Å²) in [6, 6.07) is 10.4. The SMILES string of the molecule is COc1cc2nn(C3CC4(CCN(C(=O)C5CCN(c6ccc7c(c6)C(=O)N([C@H]6CCC(=O)NC6=O)C7=O)CC5)CC4)C3)cc2cc1NC(=O)c1cnn2ccc(N3C[C@H]4C[C@@H]3CO4)nc12. The van der Waals surface area contributed by atoms with Gasteiger partial charge in [0.25, 0.3) is 17.7 Å². The number of rotatable bonds is 8. The van der Waals surface area contributed by atoms with Gasteiger partial charge in [0.2, 0.25) is 17.7 Å². The predicted octanol–water partition coefficient (Wildman–Crippen LogP) is 3.58. The Hall–Kier alpha value is -6.89. The number of hydrogen-bond acceptors (Lipinski definition) is 13. The van der Waals surface area contributed by atoms with E-state index in [-0.39, 0.29) is 59.3 Å². The minimum atomic E-state index is -1.01. The van der Waals surface area contributed by atoms with E-state index in [4.69, 9.17) is 19.6 Å². The number of ether oxygens (including phenoxy) is 2. The summed E-state index contributed by atoms with van der Waals surface area (Å²) in [6.07, 6.45) is 12.0. The molecule has 19 nitrogen and oxygen atoms in total. The summed E-state index contributed by atoms with van der Waals surface area (Å²) in [5.74, 6) is -0.990. The zero-order valence-electron chi connectivity index (χ0n) is 36.5. The molecule has 1 aliphatic carbocycles. The lowest BCUT2D eigenvalue weighted by Crippen LogP contribution is -2.54. The molecule has 66 heavy (non-hydrogen) atoms. The van der Waals surface area contributed by atoms with Gasteiger partial charge in [0.15, 0.2) is 5.65 Å². The summed E-state index contributed by atoms with van der Waals surface area (Å²) in [5.41, 5.74) is 3.63. The lowest BCUT2D eigenvalue weighted by atomic mass is 9.60. The van der Waals surface area contributed by atoms with Crippen molar-refractivity contribution in [1.29, 1.82) is 0 Å². The Balaban J connectivity index is 0.644. The molecule has 9 heterocycles. The highest BCUT2D eigenvalue weighted by Gasteiger charge is 2.49. The number of morpholine rings is 1. The van der Waals surface area contributed by atoms with Crippen molar-refractivity contribution in [2.45, 2.75) is 82.0 Å². The van der Waals surface area contributed by atoms with Crippen molar-refractivity contribution in [3.8, 4) is 5.75 Å². The first-order valence-electron chi connectivity index (χ1n) is 23.0. The number of aromatic nitrogens is 5. The van der Waals surface area contributed by atoms with Crippen LogP contribution in [-0.4, -0.2) is 134 Å². The van der Waals surface area contributed by atoms with Crippen LogP contribution in [0.25, 0.3) is 16.6 Å². The summed E-state index contributed by atoms with van der Waals surface area (Å²) in [6.45, 7) is 4.22. The van der Waals surface area contributed by atoms with Crippen molar-refractivity contribution in [3.63, 3.8) is 0 Å². The maximum absolute atomic E-state index is 13.8. The third-order valence-corrected chi connectivity index (χ3v) is 15.4. The number of hydrogen-bond donors (Lipinski definition) is 2. The number of fused-ring (bicyclic) bond motifs is 5. The third-order valence-electron chi connectivity index (χ3n) is 15.4. The van der Waals surface area contributed by atoms with Crippen LogP contribution in [0.2, 0.25) is 0 Å². The molecule has 12 rings (SSSR count). The monoisotopic (exact) mass is 895 g/mol. The van der Waals surface area contributed by atoms with E-state index in [1.54, 1.807) is 23.8 Å². The van der Waals surface area contributed by atoms with Crippen LogP contribution in [0, 0.1) is 11.3 Å². The fourth-order valence-electron chi connectivity index (χ4n) is 11.6. The molecule has 2 bridgehead atoms. The quantitative estimate of drug-likeness (QED) is 0.214. The van der Waals surface area contributed by atoms with Gasteiger partial charge in [0.05, 0.1) is 60.4 Å². The molecule has 0 unspecified atom stereocenters. The zero-order valence-corrected chi connectivity index (χ0v) is 36.5. The predicted molar refractivity (Wildman–Crippen MR) is 237 cm³/mol. The molecule has 6 fully saturated rings. The zero-order chi connectivity index (χ0) is 45.0. The molecule has 3 aromatic heterocycles. The van der Waals surface area contributed by atoms with Crippen LogP contribution in [0.15, 0.2) is 55.0 Å².